The molecule has 1 heterocycles. The van der Waals surface area contributed by atoms with Crippen LogP contribution in [0.3, 0.4) is 0 Å². The van der Waals surface area contributed by atoms with Crippen molar-refractivity contribution in [3.8, 4) is 5.69 Å². The van der Waals surface area contributed by atoms with Crippen LogP contribution in [-0.2, 0) is 9.84 Å². The minimum atomic E-state index is -2.86. The Labute approximate surface area is 154 Å². The number of nitrogens with one attached hydrogen (secondary N) is 1. The summed E-state index contributed by atoms with van der Waals surface area (Å²) in [6.07, 6.45) is 6.71. The molecule has 5 nitrogen and oxygen atoms in total. The second kappa shape index (κ2) is 8.20. The zero-order valence-corrected chi connectivity index (χ0v) is 15.9. The van der Waals surface area contributed by atoms with Gasteiger partial charge in [0.15, 0.2) is 0 Å². The molecule has 1 aromatic carbocycles. The Kier molecular flexibility index (Phi) is 5.96. The average molecular weight is 380 g/mol. The van der Waals surface area contributed by atoms with Crippen LogP contribution in [0.25, 0.3) is 5.69 Å². The van der Waals surface area contributed by atoms with Gasteiger partial charge in [0, 0.05) is 24.1 Å². The minimum Gasteiger partial charge on any atom is -0.366 e. The third-order valence-electron chi connectivity index (χ3n) is 5.14. The number of anilines is 1. The van der Waals surface area contributed by atoms with Crippen molar-refractivity contribution >= 4 is 15.7 Å². The fourth-order valence-electron chi connectivity index (χ4n) is 3.46. The Balaban J connectivity index is 1.49. The van der Waals surface area contributed by atoms with Crippen molar-refractivity contribution in [1.82, 2.24) is 9.78 Å². The molecule has 1 saturated carbocycles. The molecule has 0 amide bonds. The molecule has 0 radical (unpaired) electrons. The summed E-state index contributed by atoms with van der Waals surface area (Å²) in [5.41, 5.74) is 0.693. The van der Waals surface area contributed by atoms with Gasteiger partial charge >= 0.3 is 0 Å². The molecule has 3 rings (SSSR count). The van der Waals surface area contributed by atoms with Gasteiger partial charge in [0.25, 0.3) is 0 Å². The molecule has 2 aromatic rings. The highest BCUT2D eigenvalue weighted by atomic mass is 32.2. The number of halogens is 1. The summed E-state index contributed by atoms with van der Waals surface area (Å²) in [4.78, 5) is 0. The van der Waals surface area contributed by atoms with Gasteiger partial charge in [-0.15, -0.1) is 0 Å². The zero-order valence-electron chi connectivity index (χ0n) is 15.1. The van der Waals surface area contributed by atoms with E-state index in [4.69, 9.17) is 0 Å². The van der Waals surface area contributed by atoms with Crippen LogP contribution in [0.15, 0.2) is 36.5 Å². The molecule has 1 aliphatic carbocycles. The molecule has 0 saturated heterocycles. The summed E-state index contributed by atoms with van der Waals surface area (Å²) >= 11 is 0. The first kappa shape index (κ1) is 18.9. The first-order valence-corrected chi connectivity index (χ1v) is 11.1. The third kappa shape index (κ3) is 5.06. The zero-order chi connectivity index (χ0) is 18.6. The summed E-state index contributed by atoms with van der Waals surface area (Å²) in [7, 11) is -2.86. The van der Waals surface area contributed by atoms with Crippen molar-refractivity contribution in [3.05, 3.63) is 42.3 Å². The molecular formula is C19H26FN3O2S. The summed E-state index contributed by atoms with van der Waals surface area (Å²) in [5, 5.41) is 7.92. The quantitative estimate of drug-likeness (QED) is 0.795. The lowest BCUT2D eigenvalue weighted by Gasteiger charge is -2.29. The Morgan fingerprint density at radius 2 is 2.00 bits per heavy atom. The van der Waals surface area contributed by atoms with Crippen LogP contribution in [0.5, 0.6) is 0 Å². The van der Waals surface area contributed by atoms with Crippen molar-refractivity contribution in [2.24, 2.45) is 5.92 Å². The van der Waals surface area contributed by atoms with Gasteiger partial charge in [-0.05, 0) is 56.2 Å². The largest absolute Gasteiger partial charge is 0.366 e. The highest BCUT2D eigenvalue weighted by Gasteiger charge is 2.23. The van der Waals surface area contributed by atoms with Crippen molar-refractivity contribution < 1.29 is 12.8 Å². The topological polar surface area (TPSA) is 64.0 Å². The van der Waals surface area contributed by atoms with Gasteiger partial charge in [-0.2, -0.15) is 5.10 Å². The van der Waals surface area contributed by atoms with E-state index in [2.05, 4.69) is 10.4 Å². The molecule has 1 aliphatic rings. The second-order valence-electron chi connectivity index (χ2n) is 7.01. The predicted octanol–water partition coefficient (Wildman–Crippen LogP) is 3.81. The number of hydrogen-bond acceptors (Lipinski definition) is 4. The molecule has 1 N–H and O–H groups in total. The van der Waals surface area contributed by atoms with E-state index in [0.717, 1.165) is 37.9 Å². The normalized spacial score (nSPS) is 20.8. The number of rotatable bonds is 7. The van der Waals surface area contributed by atoms with Crippen LogP contribution in [0, 0.1) is 11.7 Å². The van der Waals surface area contributed by atoms with Gasteiger partial charge in [-0.1, -0.05) is 13.0 Å². The molecule has 0 atom stereocenters. The number of hydrogen-bond donors (Lipinski definition) is 1. The Morgan fingerprint density at radius 3 is 2.69 bits per heavy atom. The maximum absolute atomic E-state index is 13.3. The standard InChI is InChI=1S/C19H26FN3O2S/c1-2-26(24,25)13-11-15-6-8-17(9-7-15)21-19-10-12-23(22-19)18-5-3-4-16(20)14-18/h3-5,10,12,14-15,17H,2,6-9,11,13H2,1H3,(H,21,22). The summed E-state index contributed by atoms with van der Waals surface area (Å²) in [6, 6.07) is 8.59. The summed E-state index contributed by atoms with van der Waals surface area (Å²) < 4.78 is 38.3. The van der Waals surface area contributed by atoms with E-state index in [1.165, 1.54) is 12.1 Å². The van der Waals surface area contributed by atoms with E-state index >= 15 is 0 Å². The van der Waals surface area contributed by atoms with Crippen LogP contribution < -0.4 is 5.32 Å². The van der Waals surface area contributed by atoms with Crippen LogP contribution in [0.2, 0.25) is 0 Å². The molecule has 7 heteroatoms. The smallest absolute Gasteiger partial charge is 0.150 e. The summed E-state index contributed by atoms with van der Waals surface area (Å²) in [5.74, 6) is 1.55. The molecule has 1 aromatic heterocycles. The Morgan fingerprint density at radius 1 is 1.23 bits per heavy atom. The average Bonchev–Trinajstić information content (AvgIpc) is 3.10. The molecule has 0 spiro atoms. The summed E-state index contributed by atoms with van der Waals surface area (Å²) in [6.45, 7) is 1.71. The lowest BCUT2D eigenvalue weighted by molar-refractivity contribution is 0.330. The van der Waals surface area contributed by atoms with E-state index in [1.807, 2.05) is 18.3 Å². The Hall–Kier alpha value is -1.89. The number of aromatic nitrogens is 2. The number of benzene rings is 1. The number of nitrogens with zero attached hydrogens (tertiary/aromatic N) is 2. The monoisotopic (exact) mass is 379 g/mol. The molecule has 0 aliphatic heterocycles. The van der Waals surface area contributed by atoms with Gasteiger partial charge in [0.05, 0.1) is 11.4 Å². The minimum absolute atomic E-state index is 0.234. The van der Waals surface area contributed by atoms with Gasteiger partial charge in [0.1, 0.15) is 21.5 Å². The number of sulfone groups is 1. The molecule has 0 bridgehead atoms. The lowest BCUT2D eigenvalue weighted by atomic mass is 9.84. The second-order valence-corrected chi connectivity index (χ2v) is 9.49. The Bertz CT molecular complexity index is 827. The van der Waals surface area contributed by atoms with Crippen LogP contribution >= 0.6 is 0 Å². The van der Waals surface area contributed by atoms with Crippen LogP contribution in [-0.4, -0.2) is 35.7 Å². The first-order valence-electron chi connectivity index (χ1n) is 9.24. The van der Waals surface area contributed by atoms with E-state index in [1.54, 1.807) is 17.7 Å². The van der Waals surface area contributed by atoms with Crippen molar-refractivity contribution in [1.29, 1.82) is 0 Å². The molecule has 142 valence electrons. The van der Waals surface area contributed by atoms with Gasteiger partial charge in [-0.25, -0.2) is 17.5 Å². The van der Waals surface area contributed by atoms with Crippen LogP contribution in [0.4, 0.5) is 10.2 Å². The highest BCUT2D eigenvalue weighted by molar-refractivity contribution is 7.91. The first-order chi connectivity index (χ1) is 12.4. The third-order valence-corrected chi connectivity index (χ3v) is 6.87. The maximum Gasteiger partial charge on any atom is 0.150 e. The van der Waals surface area contributed by atoms with E-state index in [-0.39, 0.29) is 11.6 Å². The van der Waals surface area contributed by atoms with Crippen molar-refractivity contribution in [2.75, 3.05) is 16.8 Å². The van der Waals surface area contributed by atoms with E-state index in [0.29, 0.717) is 23.4 Å². The highest BCUT2D eigenvalue weighted by Crippen LogP contribution is 2.29. The fourth-order valence-corrected chi connectivity index (χ4v) is 4.44. The fraction of sp³-hybridized carbons (Fsp3) is 0.526. The molecule has 0 unspecified atom stereocenters. The SMILES string of the molecule is CCS(=O)(=O)CCC1CCC(Nc2ccn(-c3cccc(F)c3)n2)CC1. The van der Waals surface area contributed by atoms with Crippen molar-refractivity contribution in [3.63, 3.8) is 0 Å². The molecule has 1 fully saturated rings. The molecule has 26 heavy (non-hydrogen) atoms. The lowest BCUT2D eigenvalue weighted by Crippen LogP contribution is -2.27. The van der Waals surface area contributed by atoms with E-state index < -0.39 is 9.84 Å². The van der Waals surface area contributed by atoms with Gasteiger partial charge in [-0.3, -0.25) is 0 Å². The predicted molar refractivity (Wildman–Crippen MR) is 102 cm³/mol. The molecular weight excluding hydrogens is 353 g/mol. The van der Waals surface area contributed by atoms with Gasteiger partial charge in [0.2, 0.25) is 0 Å². The maximum atomic E-state index is 13.3. The van der Waals surface area contributed by atoms with Gasteiger partial charge < -0.3 is 5.32 Å². The van der Waals surface area contributed by atoms with E-state index in [9.17, 15) is 12.8 Å². The van der Waals surface area contributed by atoms with Crippen LogP contribution in [0.1, 0.15) is 39.0 Å². The van der Waals surface area contributed by atoms with Crippen molar-refractivity contribution in [2.45, 2.75) is 45.1 Å².